The second-order valence-corrected chi connectivity index (χ2v) is 6.06. The highest BCUT2D eigenvalue weighted by Crippen LogP contribution is 2.21. The number of hydroxylamine groups is 2. The van der Waals surface area contributed by atoms with Crippen LogP contribution in [0.4, 0.5) is 4.79 Å². The van der Waals surface area contributed by atoms with Gasteiger partial charge in [-0.05, 0) is 13.0 Å². The minimum atomic E-state index is -1.28. The molecule has 170 valence electrons. The van der Waals surface area contributed by atoms with Crippen molar-refractivity contribution >= 4 is 18.0 Å². The zero-order valence-corrected chi connectivity index (χ0v) is 18.1. The number of ether oxygens (including phenoxy) is 5. The molecule has 0 saturated heterocycles. The van der Waals surface area contributed by atoms with E-state index in [0.717, 1.165) is 5.06 Å². The molecule has 0 aliphatic carbocycles. The molecule has 13 nitrogen and oxygen atoms in total. The van der Waals surface area contributed by atoms with Crippen LogP contribution in [0.25, 0.3) is 0 Å². The Morgan fingerprint density at radius 3 is 2.35 bits per heavy atom. The number of aromatic nitrogens is 2. The molecule has 0 spiro atoms. The summed E-state index contributed by atoms with van der Waals surface area (Å²) in [7, 11) is 6.35. The zero-order chi connectivity index (χ0) is 23.0. The van der Waals surface area contributed by atoms with Crippen LogP contribution in [0.15, 0.2) is 23.3 Å². The predicted octanol–water partition coefficient (Wildman–Crippen LogP) is 0.965. The summed E-state index contributed by atoms with van der Waals surface area (Å²) in [5, 5.41) is 1.08. The number of aliphatic imine (C=N–C) groups is 1. The van der Waals surface area contributed by atoms with E-state index in [1.807, 2.05) is 0 Å². The first kappa shape index (κ1) is 23.5. The van der Waals surface area contributed by atoms with Crippen molar-refractivity contribution in [2.75, 3.05) is 34.9 Å². The number of rotatable bonds is 8. The third-order valence-corrected chi connectivity index (χ3v) is 3.61. The van der Waals surface area contributed by atoms with Crippen molar-refractivity contribution < 1.29 is 38.1 Å². The highest BCUT2D eigenvalue weighted by atomic mass is 16.8. The summed E-state index contributed by atoms with van der Waals surface area (Å²) < 4.78 is 24.8. The Labute approximate surface area is 179 Å². The summed E-state index contributed by atoms with van der Waals surface area (Å²) in [5.74, 6) is 0.00655. The average molecular weight is 439 g/mol. The lowest BCUT2D eigenvalue weighted by Crippen LogP contribution is -2.45. The summed E-state index contributed by atoms with van der Waals surface area (Å²) in [4.78, 5) is 43.9. The largest absolute Gasteiger partial charge is 0.511 e. The summed E-state index contributed by atoms with van der Waals surface area (Å²) in [5.41, 5.74) is 0. The van der Waals surface area contributed by atoms with Gasteiger partial charge in [0.05, 0.1) is 26.9 Å². The van der Waals surface area contributed by atoms with Crippen LogP contribution in [0, 0.1) is 0 Å². The van der Waals surface area contributed by atoms with Crippen molar-refractivity contribution in [3.8, 4) is 17.8 Å². The molecule has 2 unspecified atom stereocenters. The van der Waals surface area contributed by atoms with E-state index < -0.39 is 24.6 Å². The lowest BCUT2D eigenvalue weighted by molar-refractivity contribution is -0.182. The molecular weight excluding hydrogens is 414 g/mol. The van der Waals surface area contributed by atoms with E-state index in [0.29, 0.717) is 5.84 Å². The fraction of sp³-hybridized carbons (Fsp3) is 0.500. The first-order chi connectivity index (χ1) is 14.8. The van der Waals surface area contributed by atoms with Gasteiger partial charge >= 0.3 is 18.1 Å². The predicted molar refractivity (Wildman–Crippen MR) is 105 cm³/mol. The molecule has 1 aromatic heterocycles. The molecule has 1 aromatic rings. The average Bonchev–Trinajstić information content (AvgIpc) is 2.73. The van der Waals surface area contributed by atoms with Crippen molar-refractivity contribution in [3.63, 3.8) is 0 Å². The molecule has 0 radical (unpaired) electrons. The Morgan fingerprint density at radius 1 is 1.16 bits per heavy atom. The molecule has 0 fully saturated rings. The third kappa shape index (κ3) is 6.62. The maximum absolute atomic E-state index is 12.7. The summed E-state index contributed by atoms with van der Waals surface area (Å²) in [6, 6.07) is 1.31. The third-order valence-electron chi connectivity index (χ3n) is 3.61. The smallest absolute Gasteiger partial charge is 0.481 e. The molecule has 0 saturated carbocycles. The van der Waals surface area contributed by atoms with Crippen LogP contribution < -0.4 is 14.3 Å². The Bertz CT molecular complexity index is 822. The molecule has 0 aromatic carbocycles. The van der Waals surface area contributed by atoms with Gasteiger partial charge in [-0.25, -0.2) is 14.6 Å². The second kappa shape index (κ2) is 10.8. The van der Waals surface area contributed by atoms with Crippen LogP contribution in [0.1, 0.15) is 13.8 Å². The summed E-state index contributed by atoms with van der Waals surface area (Å²) in [6.07, 6.45) is -0.393. The minimum absolute atomic E-state index is 0.120. The lowest BCUT2D eigenvalue weighted by atomic mass is 10.4. The number of hydrogen-bond donors (Lipinski definition) is 0. The molecule has 31 heavy (non-hydrogen) atoms. The van der Waals surface area contributed by atoms with Crippen LogP contribution in [0.3, 0.4) is 0 Å². The van der Waals surface area contributed by atoms with Crippen molar-refractivity contribution in [3.05, 3.63) is 18.3 Å². The van der Waals surface area contributed by atoms with Gasteiger partial charge in [0.1, 0.15) is 5.84 Å². The SMILES string of the molecule is CCOC(=O)OC(C)OC(=O)C1N=C(N(C)C)C=CN1Oc1nc(OC)cc(OC)n1. The topological polar surface area (TPSA) is 134 Å². The Morgan fingerprint density at radius 2 is 1.81 bits per heavy atom. The van der Waals surface area contributed by atoms with E-state index in [1.165, 1.54) is 33.4 Å². The van der Waals surface area contributed by atoms with Crippen LogP contribution in [-0.2, 0) is 19.0 Å². The standard InChI is InChI=1S/C18H25N5O8/c1-7-28-18(25)30-11(2)29-16(24)15-19-12(22(3)4)8-9-23(15)31-17-20-13(26-5)10-14(21-17)27-6/h8-11,15H,7H2,1-6H3. The number of methoxy groups -OCH3 is 2. The first-order valence-corrected chi connectivity index (χ1v) is 9.18. The van der Waals surface area contributed by atoms with Gasteiger partial charge in [-0.3, -0.25) is 0 Å². The second-order valence-electron chi connectivity index (χ2n) is 6.06. The van der Waals surface area contributed by atoms with E-state index in [9.17, 15) is 9.59 Å². The van der Waals surface area contributed by atoms with Crippen LogP contribution in [0.2, 0.25) is 0 Å². The van der Waals surface area contributed by atoms with Crippen molar-refractivity contribution in [1.82, 2.24) is 19.9 Å². The van der Waals surface area contributed by atoms with Crippen LogP contribution in [-0.4, -0.2) is 85.3 Å². The van der Waals surface area contributed by atoms with Gasteiger partial charge in [-0.1, -0.05) is 0 Å². The van der Waals surface area contributed by atoms with Gasteiger partial charge in [-0.15, -0.1) is 0 Å². The lowest BCUT2D eigenvalue weighted by Gasteiger charge is -2.29. The van der Waals surface area contributed by atoms with Gasteiger partial charge in [-0.2, -0.15) is 15.0 Å². The van der Waals surface area contributed by atoms with Crippen LogP contribution >= 0.6 is 0 Å². The van der Waals surface area contributed by atoms with E-state index in [4.69, 9.17) is 23.8 Å². The molecule has 0 amide bonds. The van der Waals surface area contributed by atoms with E-state index in [2.05, 4.69) is 19.7 Å². The van der Waals surface area contributed by atoms with Gasteiger partial charge < -0.3 is 33.4 Å². The maximum atomic E-state index is 12.7. The molecule has 1 aliphatic rings. The van der Waals surface area contributed by atoms with E-state index >= 15 is 0 Å². The number of carbonyl (C=O) groups is 2. The number of carbonyl (C=O) groups excluding carboxylic acids is 2. The van der Waals surface area contributed by atoms with E-state index in [-0.39, 0.29) is 24.4 Å². The first-order valence-electron chi connectivity index (χ1n) is 9.18. The Balaban J connectivity index is 2.20. The minimum Gasteiger partial charge on any atom is -0.481 e. The molecule has 1 aliphatic heterocycles. The quantitative estimate of drug-likeness (QED) is 0.422. The normalized spacial score (nSPS) is 16.0. The Kier molecular flexibility index (Phi) is 8.23. The number of hydrogen-bond acceptors (Lipinski definition) is 13. The number of nitrogens with zero attached hydrogens (tertiary/aromatic N) is 5. The molecule has 2 atom stereocenters. The molecular formula is C18H25N5O8. The fourth-order valence-electron chi connectivity index (χ4n) is 2.21. The van der Waals surface area contributed by atoms with Gasteiger partial charge in [0.25, 0.3) is 6.17 Å². The molecule has 0 N–H and O–H groups in total. The number of likely N-dealkylation sites (N-methyl/N-ethyl adjacent to an activating group) is 1. The molecule has 2 heterocycles. The molecule has 0 bridgehead atoms. The number of esters is 1. The van der Waals surface area contributed by atoms with Crippen molar-refractivity contribution in [2.24, 2.45) is 4.99 Å². The van der Waals surface area contributed by atoms with Gasteiger partial charge in [0.15, 0.2) is 0 Å². The van der Waals surface area contributed by atoms with E-state index in [1.54, 1.807) is 32.0 Å². The summed E-state index contributed by atoms with van der Waals surface area (Å²) >= 11 is 0. The van der Waals surface area contributed by atoms with Crippen molar-refractivity contribution in [1.29, 1.82) is 0 Å². The highest BCUT2D eigenvalue weighted by molar-refractivity contribution is 5.95. The van der Waals surface area contributed by atoms with Gasteiger partial charge in [0, 0.05) is 27.2 Å². The van der Waals surface area contributed by atoms with Gasteiger partial charge in [0.2, 0.25) is 18.1 Å². The molecule has 2 rings (SSSR count). The van der Waals surface area contributed by atoms with Crippen LogP contribution in [0.5, 0.6) is 17.8 Å². The van der Waals surface area contributed by atoms with Crippen molar-refractivity contribution in [2.45, 2.75) is 26.3 Å². The fourth-order valence-corrected chi connectivity index (χ4v) is 2.21. The Hall–Kier alpha value is -3.77. The highest BCUT2D eigenvalue weighted by Gasteiger charge is 2.33. The summed E-state index contributed by atoms with van der Waals surface area (Å²) in [6.45, 7) is 3.11. The molecule has 13 heteroatoms. The zero-order valence-electron chi connectivity index (χ0n) is 18.1. The maximum Gasteiger partial charge on any atom is 0.511 e. The monoisotopic (exact) mass is 439 g/mol. The number of amidine groups is 1.